The lowest BCUT2D eigenvalue weighted by molar-refractivity contribution is -0.139. The van der Waals surface area contributed by atoms with Gasteiger partial charge in [0, 0.05) is 37.9 Å². The summed E-state index contributed by atoms with van der Waals surface area (Å²) in [6.07, 6.45) is 1.73. The first-order valence-electron chi connectivity index (χ1n) is 9.46. The Balaban J connectivity index is 1.72. The van der Waals surface area contributed by atoms with Crippen LogP contribution in [0.25, 0.3) is 0 Å². The Morgan fingerprint density at radius 3 is 2.54 bits per heavy atom. The molecule has 2 aromatic rings. The zero-order chi connectivity index (χ0) is 19.9. The molecule has 0 aliphatic carbocycles. The van der Waals surface area contributed by atoms with Crippen molar-refractivity contribution >= 4 is 17.6 Å². The molecule has 150 valence electrons. The monoisotopic (exact) mass is 386 g/mol. The van der Waals surface area contributed by atoms with E-state index >= 15 is 0 Å². The molecule has 0 saturated carbocycles. The summed E-state index contributed by atoms with van der Waals surface area (Å²) in [6, 6.07) is 9.72. The number of piperazine rings is 1. The molecule has 1 fully saturated rings. The van der Waals surface area contributed by atoms with E-state index in [9.17, 15) is 4.79 Å². The van der Waals surface area contributed by atoms with Gasteiger partial charge in [0.15, 0.2) is 6.61 Å². The molecule has 1 aromatic heterocycles. The molecule has 1 saturated heterocycles. The maximum Gasteiger partial charge on any atom is 0.341 e. The Kier molecular flexibility index (Phi) is 6.52. The van der Waals surface area contributed by atoms with Crippen LogP contribution in [0.15, 0.2) is 30.3 Å². The van der Waals surface area contributed by atoms with Crippen molar-refractivity contribution in [3.63, 3.8) is 0 Å². The van der Waals surface area contributed by atoms with Gasteiger partial charge in [0.1, 0.15) is 5.75 Å². The highest BCUT2D eigenvalue weighted by atomic mass is 16.5. The highest BCUT2D eigenvalue weighted by Crippen LogP contribution is 2.29. The van der Waals surface area contributed by atoms with Gasteiger partial charge >= 0.3 is 5.97 Å². The van der Waals surface area contributed by atoms with E-state index in [2.05, 4.69) is 32.8 Å². The lowest BCUT2D eigenvalue weighted by Gasteiger charge is -2.36. The molecule has 1 aliphatic rings. The molecule has 1 aliphatic heterocycles. The quantitative estimate of drug-likeness (QED) is 0.739. The topological polar surface area (TPSA) is 88.0 Å². The van der Waals surface area contributed by atoms with E-state index in [1.807, 2.05) is 18.2 Å². The first-order valence-corrected chi connectivity index (χ1v) is 9.46. The smallest absolute Gasteiger partial charge is 0.341 e. The van der Waals surface area contributed by atoms with Crippen LogP contribution < -0.4 is 19.3 Å². The molecular weight excluding hydrogens is 360 g/mol. The van der Waals surface area contributed by atoms with E-state index in [4.69, 9.17) is 14.6 Å². The zero-order valence-electron chi connectivity index (χ0n) is 16.3. The van der Waals surface area contributed by atoms with Crippen molar-refractivity contribution in [1.29, 1.82) is 0 Å². The standard InChI is InChI=1S/C20H26N4O4/c1-3-6-15-13-18(28-14-19(25)26)22-20(21-15)24-11-9-23(10-12-24)16-7-4-5-8-17(16)27-2/h4-5,7-8,13H,3,6,9-12,14H2,1-2H3,(H,25,26). The predicted molar refractivity (Wildman–Crippen MR) is 107 cm³/mol. The summed E-state index contributed by atoms with van der Waals surface area (Å²) in [5.41, 5.74) is 1.94. The van der Waals surface area contributed by atoms with E-state index in [0.29, 0.717) is 11.8 Å². The number of hydrogen-bond acceptors (Lipinski definition) is 7. The number of para-hydroxylation sites is 2. The van der Waals surface area contributed by atoms with Gasteiger partial charge in [0.2, 0.25) is 11.8 Å². The molecule has 1 aromatic carbocycles. The van der Waals surface area contributed by atoms with Gasteiger partial charge in [0.05, 0.1) is 12.8 Å². The van der Waals surface area contributed by atoms with Gasteiger partial charge in [-0.05, 0) is 18.6 Å². The highest BCUT2D eigenvalue weighted by Gasteiger charge is 2.22. The third-order valence-corrected chi connectivity index (χ3v) is 4.58. The molecule has 0 bridgehead atoms. The number of anilines is 2. The van der Waals surface area contributed by atoms with Gasteiger partial charge in [-0.25, -0.2) is 9.78 Å². The number of carbonyl (C=O) groups is 1. The summed E-state index contributed by atoms with van der Waals surface area (Å²) >= 11 is 0. The number of hydrogen-bond donors (Lipinski definition) is 1. The van der Waals surface area contributed by atoms with Gasteiger partial charge in [-0.15, -0.1) is 0 Å². The molecule has 8 nitrogen and oxygen atoms in total. The SMILES string of the molecule is CCCc1cc(OCC(=O)O)nc(N2CCN(c3ccccc3OC)CC2)n1. The summed E-state index contributed by atoms with van der Waals surface area (Å²) in [6.45, 7) is 4.80. The molecule has 2 heterocycles. The van der Waals surface area contributed by atoms with Crippen LogP contribution in [0.2, 0.25) is 0 Å². The Bertz CT molecular complexity index is 807. The number of carboxylic acid groups (broad SMARTS) is 1. The minimum Gasteiger partial charge on any atom is -0.495 e. The number of rotatable bonds is 8. The van der Waals surface area contributed by atoms with Crippen molar-refractivity contribution in [2.45, 2.75) is 19.8 Å². The fraction of sp³-hybridized carbons (Fsp3) is 0.450. The van der Waals surface area contributed by atoms with E-state index < -0.39 is 12.6 Å². The van der Waals surface area contributed by atoms with Crippen LogP contribution in [0, 0.1) is 0 Å². The van der Waals surface area contributed by atoms with Gasteiger partial charge in [-0.2, -0.15) is 4.98 Å². The van der Waals surface area contributed by atoms with Crippen LogP contribution in [0.4, 0.5) is 11.6 Å². The molecule has 28 heavy (non-hydrogen) atoms. The second-order valence-electron chi connectivity index (χ2n) is 6.58. The molecule has 0 atom stereocenters. The first-order chi connectivity index (χ1) is 13.6. The molecule has 0 amide bonds. The van der Waals surface area contributed by atoms with E-state index in [1.165, 1.54) is 0 Å². The molecule has 8 heteroatoms. The van der Waals surface area contributed by atoms with Crippen LogP contribution in [0.1, 0.15) is 19.0 Å². The lowest BCUT2D eigenvalue weighted by Crippen LogP contribution is -2.47. The second kappa shape index (κ2) is 9.25. The molecule has 1 N–H and O–H groups in total. The van der Waals surface area contributed by atoms with E-state index in [0.717, 1.165) is 56.2 Å². The van der Waals surface area contributed by atoms with Crippen LogP contribution in [-0.2, 0) is 11.2 Å². The van der Waals surface area contributed by atoms with Crippen LogP contribution >= 0.6 is 0 Å². The summed E-state index contributed by atoms with van der Waals surface area (Å²) in [5, 5.41) is 8.85. The Morgan fingerprint density at radius 2 is 1.86 bits per heavy atom. The zero-order valence-corrected chi connectivity index (χ0v) is 16.3. The normalized spacial score (nSPS) is 14.1. The number of methoxy groups -OCH3 is 1. The fourth-order valence-corrected chi connectivity index (χ4v) is 3.23. The Labute approximate surface area is 164 Å². The van der Waals surface area contributed by atoms with Crippen molar-refractivity contribution in [2.24, 2.45) is 0 Å². The van der Waals surface area contributed by atoms with E-state index in [-0.39, 0.29) is 0 Å². The third-order valence-electron chi connectivity index (χ3n) is 4.58. The third kappa shape index (κ3) is 4.82. The van der Waals surface area contributed by atoms with Crippen molar-refractivity contribution in [3.05, 3.63) is 36.0 Å². The van der Waals surface area contributed by atoms with Crippen molar-refractivity contribution in [1.82, 2.24) is 9.97 Å². The largest absolute Gasteiger partial charge is 0.495 e. The van der Waals surface area contributed by atoms with Crippen LogP contribution in [-0.4, -0.2) is 60.9 Å². The average Bonchev–Trinajstić information content (AvgIpc) is 2.72. The number of nitrogens with zero attached hydrogens (tertiary/aromatic N) is 4. The van der Waals surface area contributed by atoms with Gasteiger partial charge in [0.25, 0.3) is 0 Å². The van der Waals surface area contributed by atoms with Crippen molar-refractivity contribution in [3.8, 4) is 11.6 Å². The van der Waals surface area contributed by atoms with Gasteiger partial charge in [-0.1, -0.05) is 25.5 Å². The number of benzene rings is 1. The molecule has 3 rings (SSSR count). The van der Waals surface area contributed by atoms with E-state index in [1.54, 1.807) is 13.2 Å². The number of carboxylic acids is 1. The summed E-state index contributed by atoms with van der Waals surface area (Å²) < 4.78 is 10.8. The molecule has 0 spiro atoms. The maximum absolute atomic E-state index is 10.8. The van der Waals surface area contributed by atoms with Gasteiger partial charge < -0.3 is 24.4 Å². The molecular formula is C20H26N4O4. The Morgan fingerprint density at radius 1 is 1.14 bits per heavy atom. The number of aliphatic carboxylic acids is 1. The van der Waals surface area contributed by atoms with Crippen LogP contribution in [0.3, 0.4) is 0 Å². The molecule has 0 unspecified atom stereocenters. The number of ether oxygens (including phenoxy) is 2. The van der Waals surface area contributed by atoms with Crippen molar-refractivity contribution < 1.29 is 19.4 Å². The second-order valence-corrected chi connectivity index (χ2v) is 6.58. The fourth-order valence-electron chi connectivity index (χ4n) is 3.23. The predicted octanol–water partition coefficient (Wildman–Crippen LogP) is 2.23. The minimum atomic E-state index is -1.03. The maximum atomic E-state index is 10.8. The van der Waals surface area contributed by atoms with Crippen LogP contribution in [0.5, 0.6) is 11.6 Å². The summed E-state index contributed by atoms with van der Waals surface area (Å²) in [4.78, 5) is 24.3. The lowest BCUT2D eigenvalue weighted by atomic mass is 10.2. The Hall–Kier alpha value is -3.03. The van der Waals surface area contributed by atoms with Gasteiger partial charge in [-0.3, -0.25) is 0 Å². The summed E-state index contributed by atoms with van der Waals surface area (Å²) in [7, 11) is 1.68. The summed E-state index contributed by atoms with van der Waals surface area (Å²) in [5.74, 6) is 0.734. The highest BCUT2D eigenvalue weighted by molar-refractivity contribution is 5.68. The number of aromatic nitrogens is 2. The number of aryl methyl sites for hydroxylation is 1. The molecule has 0 radical (unpaired) electrons. The minimum absolute atomic E-state index is 0.308. The van der Waals surface area contributed by atoms with Crippen molar-refractivity contribution in [2.75, 3.05) is 49.7 Å². The first kappa shape index (κ1) is 19.7. The average molecular weight is 386 g/mol.